The molecular formula is C22H23FN4O6S. The van der Waals surface area contributed by atoms with Gasteiger partial charge in [-0.05, 0) is 43.2 Å². The molecule has 12 heteroatoms. The number of hydrogen-bond acceptors (Lipinski definition) is 7. The highest BCUT2D eigenvalue weighted by Crippen LogP contribution is 2.28. The number of aromatic nitrogens is 2. The van der Waals surface area contributed by atoms with Crippen molar-refractivity contribution >= 4 is 45.1 Å². The van der Waals surface area contributed by atoms with Crippen LogP contribution in [0.4, 0.5) is 9.39 Å². The highest BCUT2D eigenvalue weighted by atomic mass is 32.1. The van der Waals surface area contributed by atoms with Crippen molar-refractivity contribution in [3.8, 4) is 0 Å². The van der Waals surface area contributed by atoms with Crippen LogP contribution in [0.3, 0.4) is 0 Å². The number of alkyl halides is 1. The van der Waals surface area contributed by atoms with Crippen LogP contribution in [0.5, 0.6) is 0 Å². The van der Waals surface area contributed by atoms with Gasteiger partial charge in [-0.2, -0.15) is 0 Å². The molecule has 0 aliphatic rings. The maximum Gasteiger partial charge on any atom is 0.326 e. The van der Waals surface area contributed by atoms with Crippen LogP contribution in [-0.2, 0) is 16.1 Å². The first kappa shape index (κ1) is 24.8. The number of anilines is 1. The number of H-pyrrole nitrogens is 1. The summed E-state index contributed by atoms with van der Waals surface area (Å²) in [5.74, 6) is -2.65. The van der Waals surface area contributed by atoms with Gasteiger partial charge in [0.25, 0.3) is 11.5 Å². The van der Waals surface area contributed by atoms with Crippen LogP contribution in [0.25, 0.3) is 10.9 Å². The second kappa shape index (κ2) is 10.9. The van der Waals surface area contributed by atoms with E-state index in [2.05, 4.69) is 15.3 Å². The standard InChI is InChI=1S/C22H23FN4O6S/c1-12-24-15-3-2-13(10-14(15)20(30)25-12)11-27(9-8-23)18-6-5-17(34-18)21(31)26-16(22(32)33)4-7-19(28)29/h2-3,5-6,10,16H,4,7-9,11H2,1H3,(H,26,31)(H,28,29)(H,32,33)(H,24,25,30)/t16-/m1/s1. The van der Waals surface area contributed by atoms with Gasteiger partial charge in [-0.3, -0.25) is 14.4 Å². The summed E-state index contributed by atoms with van der Waals surface area (Å²) in [5, 5.41) is 21.3. The second-order valence-corrected chi connectivity index (χ2v) is 8.61. The Hall–Kier alpha value is -3.80. The number of aryl methyl sites for hydroxylation is 1. The molecule has 34 heavy (non-hydrogen) atoms. The maximum absolute atomic E-state index is 13.3. The minimum atomic E-state index is -1.34. The van der Waals surface area contributed by atoms with E-state index in [0.717, 1.165) is 16.9 Å². The number of nitrogens with one attached hydrogen (secondary N) is 2. The van der Waals surface area contributed by atoms with E-state index in [4.69, 9.17) is 5.11 Å². The van der Waals surface area contributed by atoms with E-state index in [1.807, 2.05) is 0 Å². The third kappa shape index (κ3) is 6.16. The number of nitrogens with zero attached hydrogens (tertiary/aromatic N) is 2. The predicted molar refractivity (Wildman–Crippen MR) is 124 cm³/mol. The summed E-state index contributed by atoms with van der Waals surface area (Å²) in [5.41, 5.74) is 1.02. The number of rotatable bonds is 11. The number of benzene rings is 1. The highest BCUT2D eigenvalue weighted by molar-refractivity contribution is 7.18. The number of carbonyl (C=O) groups excluding carboxylic acids is 1. The average Bonchev–Trinajstić information content (AvgIpc) is 3.26. The molecule has 1 atom stereocenters. The number of amides is 1. The summed E-state index contributed by atoms with van der Waals surface area (Å²) >= 11 is 1.05. The van der Waals surface area contributed by atoms with Crippen molar-refractivity contribution in [3.05, 3.63) is 57.0 Å². The number of thiophene rings is 1. The van der Waals surface area contributed by atoms with Gasteiger partial charge in [-0.15, -0.1) is 11.3 Å². The van der Waals surface area contributed by atoms with Gasteiger partial charge in [0.05, 0.1) is 20.8 Å². The Morgan fingerprint density at radius 3 is 2.68 bits per heavy atom. The largest absolute Gasteiger partial charge is 0.481 e. The molecule has 0 saturated heterocycles. The number of carboxylic acid groups (broad SMARTS) is 2. The van der Waals surface area contributed by atoms with Crippen LogP contribution in [0, 0.1) is 6.92 Å². The van der Waals surface area contributed by atoms with E-state index >= 15 is 0 Å². The van der Waals surface area contributed by atoms with Crippen LogP contribution < -0.4 is 15.8 Å². The summed E-state index contributed by atoms with van der Waals surface area (Å²) < 4.78 is 13.3. The summed E-state index contributed by atoms with van der Waals surface area (Å²) in [6, 6.07) is 6.98. The fraction of sp³-hybridized carbons (Fsp3) is 0.318. The van der Waals surface area contributed by atoms with E-state index in [-0.39, 0.29) is 29.9 Å². The zero-order valence-electron chi connectivity index (χ0n) is 18.2. The normalized spacial score (nSPS) is 11.8. The lowest BCUT2D eigenvalue weighted by atomic mass is 10.1. The van der Waals surface area contributed by atoms with Gasteiger partial charge in [0, 0.05) is 19.5 Å². The van der Waals surface area contributed by atoms with Crippen molar-refractivity contribution in [2.45, 2.75) is 32.4 Å². The fourth-order valence-corrected chi connectivity index (χ4v) is 4.30. The van der Waals surface area contributed by atoms with Crippen molar-refractivity contribution in [2.24, 2.45) is 0 Å². The average molecular weight is 491 g/mol. The molecule has 1 aromatic carbocycles. The van der Waals surface area contributed by atoms with Crippen LogP contribution >= 0.6 is 11.3 Å². The summed E-state index contributed by atoms with van der Waals surface area (Å²) in [7, 11) is 0. The molecule has 0 spiro atoms. The molecule has 0 radical (unpaired) electrons. The number of fused-ring (bicyclic) bond motifs is 1. The first-order valence-electron chi connectivity index (χ1n) is 10.3. The van der Waals surface area contributed by atoms with E-state index in [1.165, 1.54) is 6.07 Å². The Morgan fingerprint density at radius 2 is 2.00 bits per heavy atom. The second-order valence-electron chi connectivity index (χ2n) is 7.55. The van der Waals surface area contributed by atoms with Gasteiger partial charge < -0.3 is 25.4 Å². The lowest BCUT2D eigenvalue weighted by Gasteiger charge is -2.22. The third-order valence-electron chi connectivity index (χ3n) is 4.99. The third-order valence-corrected chi connectivity index (χ3v) is 6.14. The first-order valence-corrected chi connectivity index (χ1v) is 11.2. The fourth-order valence-electron chi connectivity index (χ4n) is 3.36. The van der Waals surface area contributed by atoms with Crippen molar-refractivity contribution in [1.29, 1.82) is 0 Å². The number of aliphatic carboxylic acids is 2. The molecule has 2 heterocycles. The van der Waals surface area contributed by atoms with E-state index in [0.29, 0.717) is 21.7 Å². The SMILES string of the molecule is Cc1nc2ccc(CN(CCF)c3ccc(C(=O)N[C@H](CCC(=O)O)C(=O)O)s3)cc2c(=O)[nH]1. The quantitative estimate of drug-likeness (QED) is 0.319. The molecule has 2 aromatic heterocycles. The summed E-state index contributed by atoms with van der Waals surface area (Å²) in [4.78, 5) is 55.7. The summed E-state index contributed by atoms with van der Waals surface area (Å²) in [6.45, 7) is 1.35. The van der Waals surface area contributed by atoms with Gasteiger partial charge >= 0.3 is 11.9 Å². The molecule has 1 amide bonds. The zero-order chi connectivity index (χ0) is 24.8. The topological polar surface area (TPSA) is 153 Å². The predicted octanol–water partition coefficient (Wildman–Crippen LogP) is 2.32. The molecule has 0 aliphatic heterocycles. The number of hydrogen-bond donors (Lipinski definition) is 4. The zero-order valence-corrected chi connectivity index (χ0v) is 19.0. The molecule has 3 rings (SSSR count). The highest BCUT2D eigenvalue weighted by Gasteiger charge is 2.23. The molecule has 180 valence electrons. The van der Waals surface area contributed by atoms with Crippen molar-refractivity contribution in [2.75, 3.05) is 18.1 Å². The Kier molecular flexibility index (Phi) is 7.95. The van der Waals surface area contributed by atoms with Gasteiger partial charge in [-0.25, -0.2) is 14.2 Å². The van der Waals surface area contributed by atoms with E-state index in [9.17, 15) is 28.7 Å². The molecule has 0 saturated carbocycles. The maximum atomic E-state index is 13.3. The van der Waals surface area contributed by atoms with Gasteiger partial charge in [0.1, 0.15) is 18.5 Å². The van der Waals surface area contributed by atoms with Gasteiger partial charge in [0.15, 0.2) is 0 Å². The Labute approximate surface area is 197 Å². The van der Waals surface area contributed by atoms with Crippen molar-refractivity contribution < 1.29 is 29.0 Å². The molecule has 0 bridgehead atoms. The Morgan fingerprint density at radius 1 is 1.24 bits per heavy atom. The minimum absolute atomic E-state index is 0.0402. The van der Waals surface area contributed by atoms with Crippen molar-refractivity contribution in [1.82, 2.24) is 15.3 Å². The molecule has 3 aromatic rings. The molecule has 4 N–H and O–H groups in total. The molecule has 0 fully saturated rings. The molecular weight excluding hydrogens is 467 g/mol. The van der Waals surface area contributed by atoms with Crippen LogP contribution in [-0.4, -0.2) is 57.3 Å². The molecule has 0 unspecified atom stereocenters. The van der Waals surface area contributed by atoms with Crippen LogP contribution in [0.15, 0.2) is 35.1 Å². The number of carbonyl (C=O) groups is 3. The first-order chi connectivity index (χ1) is 16.2. The lowest BCUT2D eigenvalue weighted by Crippen LogP contribution is -2.40. The lowest BCUT2D eigenvalue weighted by molar-refractivity contribution is -0.140. The minimum Gasteiger partial charge on any atom is -0.481 e. The van der Waals surface area contributed by atoms with E-state index in [1.54, 1.807) is 36.1 Å². The number of aromatic amines is 1. The molecule has 10 nitrogen and oxygen atoms in total. The van der Waals surface area contributed by atoms with Crippen LogP contribution in [0.1, 0.15) is 33.9 Å². The van der Waals surface area contributed by atoms with Crippen LogP contribution in [0.2, 0.25) is 0 Å². The molecule has 0 aliphatic carbocycles. The Bertz CT molecular complexity index is 1270. The smallest absolute Gasteiger partial charge is 0.326 e. The van der Waals surface area contributed by atoms with E-state index < -0.39 is 37.0 Å². The number of carboxylic acids is 2. The number of halogens is 1. The van der Waals surface area contributed by atoms with Gasteiger partial charge in [-0.1, -0.05) is 6.07 Å². The van der Waals surface area contributed by atoms with Gasteiger partial charge in [0.2, 0.25) is 0 Å². The summed E-state index contributed by atoms with van der Waals surface area (Å²) in [6.07, 6.45) is -0.654. The monoisotopic (exact) mass is 490 g/mol. The Balaban J connectivity index is 1.77. The van der Waals surface area contributed by atoms with Crippen molar-refractivity contribution in [3.63, 3.8) is 0 Å².